The largest absolute Gasteiger partial charge is 0.455 e. The van der Waals surface area contributed by atoms with Crippen LogP contribution in [0, 0.1) is 11.8 Å². The molecule has 2 aromatic carbocycles. The molecule has 2 aromatic rings. The molecule has 3 fully saturated rings. The van der Waals surface area contributed by atoms with Crippen molar-refractivity contribution in [2.75, 3.05) is 38.3 Å². The molecule has 2 N–H and O–H groups in total. The van der Waals surface area contributed by atoms with Gasteiger partial charge in [-0.25, -0.2) is 0 Å². The first-order valence-electron chi connectivity index (χ1n) is 17.2. The summed E-state index contributed by atoms with van der Waals surface area (Å²) in [6.45, 7) is 7.77. The summed E-state index contributed by atoms with van der Waals surface area (Å²) in [7, 11) is 1.49. The van der Waals surface area contributed by atoms with E-state index in [2.05, 4.69) is 34.4 Å². The Balaban J connectivity index is 1.52. The molecule has 0 radical (unpaired) electrons. The minimum absolute atomic E-state index is 0.0427. The average Bonchev–Trinajstić information content (AvgIpc) is 3.72. The Labute approximate surface area is 312 Å². The molecule has 0 saturated carbocycles. The minimum Gasteiger partial charge on any atom is -0.455 e. The maximum absolute atomic E-state index is 14.8. The number of likely N-dealkylation sites (tertiary alicyclic amines) is 1. The highest BCUT2D eigenvalue weighted by Crippen LogP contribution is 2.60. The quantitative estimate of drug-likeness (QED) is 0.0957. The van der Waals surface area contributed by atoms with E-state index in [-0.39, 0.29) is 43.5 Å². The van der Waals surface area contributed by atoms with E-state index in [0.717, 1.165) is 0 Å². The smallest absolute Gasteiger partial charge is 0.313 e. The molecule has 3 aliphatic rings. The number of nitrogens with zero attached hydrogens (tertiary/aromatic N) is 2. The van der Waals surface area contributed by atoms with Gasteiger partial charge in [0.05, 0.1) is 41.3 Å². The summed E-state index contributed by atoms with van der Waals surface area (Å²) >= 11 is 10.3. The molecular formula is C38H45BrClN3O8. The number of rotatable bonds is 18. The Morgan fingerprint density at radius 1 is 1.16 bits per heavy atom. The number of unbranched alkanes of at least 4 members (excludes halogenated alkanes) is 1. The number of para-hydroxylation sites is 1. The predicted molar refractivity (Wildman–Crippen MR) is 196 cm³/mol. The van der Waals surface area contributed by atoms with Crippen molar-refractivity contribution in [2.24, 2.45) is 11.8 Å². The van der Waals surface area contributed by atoms with Crippen LogP contribution in [0.2, 0.25) is 5.02 Å². The molecule has 0 aromatic heterocycles. The summed E-state index contributed by atoms with van der Waals surface area (Å²) in [6.07, 6.45) is 3.30. The molecule has 1 spiro atoms. The van der Waals surface area contributed by atoms with Crippen LogP contribution in [-0.4, -0.2) is 95.7 Å². The molecule has 2 bridgehead atoms. The molecule has 13 heteroatoms. The summed E-state index contributed by atoms with van der Waals surface area (Å²) in [5, 5.41) is 12.9. The number of halogens is 2. The lowest BCUT2D eigenvalue weighted by atomic mass is 9.70. The zero-order valence-corrected chi connectivity index (χ0v) is 31.0. The second-order valence-corrected chi connectivity index (χ2v) is 14.6. The van der Waals surface area contributed by atoms with E-state index in [1.54, 1.807) is 60.7 Å². The zero-order chi connectivity index (χ0) is 36.7. The SMILES string of the molecule is C=CCCC(=O)N[C@@H](COC)[C@@H](OC(=O)[C@H]1[C@@H]2O[C@@]3(CC2Br)[C@@H]1C(=O)N(CCCCO)[C@@H]3C(=O)N(CC=C)c1ccccc1Cl)c1ccccc1. The first kappa shape index (κ1) is 38.7. The number of benzene rings is 2. The van der Waals surface area contributed by atoms with Crippen LogP contribution >= 0.6 is 27.5 Å². The number of aliphatic hydroxyl groups is 1. The Kier molecular flexibility index (Phi) is 13.1. The normalized spacial score (nSPS) is 25.9. The van der Waals surface area contributed by atoms with Crippen molar-refractivity contribution in [1.29, 1.82) is 0 Å². The summed E-state index contributed by atoms with van der Waals surface area (Å²) in [4.78, 5) is 59.4. The highest BCUT2D eigenvalue weighted by atomic mass is 79.9. The molecule has 3 heterocycles. The number of hydrogen-bond donors (Lipinski definition) is 2. The summed E-state index contributed by atoms with van der Waals surface area (Å²) in [6, 6.07) is 14.1. The molecule has 8 atom stereocenters. The molecule has 5 rings (SSSR count). The molecular weight excluding hydrogens is 742 g/mol. The minimum atomic E-state index is -1.36. The number of carbonyl (C=O) groups excluding carboxylic acids is 4. The van der Waals surface area contributed by atoms with Crippen LogP contribution in [0.3, 0.4) is 0 Å². The standard InChI is InChI=1S/C38H45BrClN3O8/c1-4-6-18-29(45)41-27(23-49-3)32(24-14-8-7-9-15-24)50-37(48)30-31-35(46)43(20-12-13-21-44)34(38(31)22-25(39)33(30)51-38)36(47)42(19-5-2)28-17-11-10-16-26(28)40/h4-5,7-11,14-17,25,27,30-34,44H,1-2,6,12-13,18-23H2,3H3,(H,41,45)/t25?,27-,30+,31-,32-,33+,34+,38-/m0/s1. The van der Waals surface area contributed by atoms with E-state index in [1.807, 2.05) is 6.07 Å². The lowest BCUT2D eigenvalue weighted by molar-refractivity contribution is -0.163. The number of allylic oxidation sites excluding steroid dienone is 1. The number of aliphatic hydroxyl groups excluding tert-OH is 1. The second-order valence-electron chi connectivity index (χ2n) is 13.0. The Morgan fingerprint density at radius 2 is 1.88 bits per heavy atom. The summed E-state index contributed by atoms with van der Waals surface area (Å²) in [5.74, 6) is -3.84. The number of esters is 1. The summed E-state index contributed by atoms with van der Waals surface area (Å²) < 4.78 is 18.5. The van der Waals surface area contributed by atoms with Crippen LogP contribution in [-0.2, 0) is 33.4 Å². The monoisotopic (exact) mass is 785 g/mol. The van der Waals surface area contributed by atoms with Crippen LogP contribution in [0.25, 0.3) is 0 Å². The molecule has 3 aliphatic heterocycles. The van der Waals surface area contributed by atoms with Crippen LogP contribution in [0.5, 0.6) is 0 Å². The van der Waals surface area contributed by atoms with Gasteiger partial charge in [-0.2, -0.15) is 0 Å². The van der Waals surface area contributed by atoms with Gasteiger partial charge in [-0.1, -0.05) is 82.1 Å². The van der Waals surface area contributed by atoms with E-state index in [1.165, 1.54) is 16.9 Å². The number of amides is 3. The third kappa shape index (κ3) is 7.80. The topological polar surface area (TPSA) is 135 Å². The van der Waals surface area contributed by atoms with E-state index >= 15 is 0 Å². The fourth-order valence-corrected chi connectivity index (χ4v) is 8.87. The van der Waals surface area contributed by atoms with Gasteiger partial charge in [-0.15, -0.1) is 13.2 Å². The number of alkyl halides is 1. The Morgan fingerprint density at radius 3 is 2.55 bits per heavy atom. The maximum Gasteiger partial charge on any atom is 0.313 e. The van der Waals surface area contributed by atoms with Gasteiger partial charge in [0, 0.05) is 38.1 Å². The first-order chi connectivity index (χ1) is 24.6. The predicted octanol–water partition coefficient (Wildman–Crippen LogP) is 4.76. The van der Waals surface area contributed by atoms with E-state index in [4.69, 9.17) is 25.8 Å². The van der Waals surface area contributed by atoms with Crippen LogP contribution in [0.4, 0.5) is 5.69 Å². The Hall–Kier alpha value is -3.55. The number of hydrogen-bond acceptors (Lipinski definition) is 8. The van der Waals surface area contributed by atoms with Crippen molar-refractivity contribution in [3.8, 4) is 0 Å². The fraction of sp³-hybridized carbons (Fsp3) is 0.474. The molecule has 51 heavy (non-hydrogen) atoms. The number of ether oxygens (including phenoxy) is 3. The third-order valence-corrected chi connectivity index (χ3v) is 11.0. The van der Waals surface area contributed by atoms with Gasteiger partial charge in [0.1, 0.15) is 17.7 Å². The van der Waals surface area contributed by atoms with E-state index < -0.39 is 59.5 Å². The first-order valence-corrected chi connectivity index (χ1v) is 18.5. The fourth-order valence-electron chi connectivity index (χ4n) is 7.69. The molecule has 3 amide bonds. The number of methoxy groups -OCH3 is 1. The van der Waals surface area contributed by atoms with E-state index in [0.29, 0.717) is 42.0 Å². The number of anilines is 1. The molecule has 3 saturated heterocycles. The van der Waals surface area contributed by atoms with Crippen molar-refractivity contribution < 1.29 is 38.5 Å². The highest BCUT2D eigenvalue weighted by molar-refractivity contribution is 9.09. The number of fused-ring (bicyclic) bond motifs is 1. The zero-order valence-electron chi connectivity index (χ0n) is 28.6. The van der Waals surface area contributed by atoms with Crippen molar-refractivity contribution in [2.45, 2.75) is 66.8 Å². The van der Waals surface area contributed by atoms with Crippen molar-refractivity contribution in [1.82, 2.24) is 10.2 Å². The lowest BCUT2D eigenvalue weighted by Crippen LogP contribution is -2.57. The van der Waals surface area contributed by atoms with E-state index in [9.17, 15) is 24.3 Å². The Bertz CT molecular complexity index is 1600. The van der Waals surface area contributed by atoms with Gasteiger partial charge in [0.25, 0.3) is 5.91 Å². The van der Waals surface area contributed by atoms with Crippen molar-refractivity contribution >= 4 is 56.9 Å². The maximum atomic E-state index is 14.8. The number of nitrogens with one attached hydrogen (secondary N) is 1. The van der Waals surface area contributed by atoms with Gasteiger partial charge in [-0.05, 0) is 43.4 Å². The van der Waals surface area contributed by atoms with Crippen LogP contribution in [0.15, 0.2) is 79.9 Å². The average molecular weight is 787 g/mol. The van der Waals surface area contributed by atoms with Crippen molar-refractivity contribution in [3.05, 3.63) is 90.5 Å². The highest BCUT2D eigenvalue weighted by Gasteiger charge is 2.77. The lowest BCUT2D eigenvalue weighted by Gasteiger charge is -2.37. The van der Waals surface area contributed by atoms with Gasteiger partial charge < -0.3 is 34.4 Å². The third-order valence-electron chi connectivity index (χ3n) is 9.83. The molecule has 0 aliphatic carbocycles. The van der Waals surface area contributed by atoms with Crippen LogP contribution < -0.4 is 10.2 Å². The molecule has 11 nitrogen and oxygen atoms in total. The van der Waals surface area contributed by atoms with Crippen LogP contribution in [0.1, 0.15) is 43.8 Å². The molecule has 274 valence electrons. The second kappa shape index (κ2) is 17.3. The van der Waals surface area contributed by atoms with Gasteiger partial charge in [0.2, 0.25) is 11.8 Å². The van der Waals surface area contributed by atoms with Crippen molar-refractivity contribution in [3.63, 3.8) is 0 Å². The van der Waals surface area contributed by atoms with Gasteiger partial charge >= 0.3 is 5.97 Å². The van der Waals surface area contributed by atoms with Gasteiger partial charge in [0.15, 0.2) is 0 Å². The van der Waals surface area contributed by atoms with Gasteiger partial charge in [-0.3, -0.25) is 19.2 Å². The number of carbonyl (C=O) groups is 4. The molecule has 1 unspecified atom stereocenters. The summed E-state index contributed by atoms with van der Waals surface area (Å²) in [5.41, 5.74) is -0.276.